The van der Waals surface area contributed by atoms with Crippen LogP contribution in [-0.2, 0) is 0 Å². The Kier molecular flexibility index (Phi) is 1.41. The maximum atomic E-state index is 4.11. The van der Waals surface area contributed by atoms with E-state index in [4.69, 9.17) is 0 Å². The van der Waals surface area contributed by atoms with Crippen molar-refractivity contribution in [1.29, 1.82) is 0 Å². The van der Waals surface area contributed by atoms with Crippen molar-refractivity contribution in [3.05, 3.63) is 6.92 Å². The molecule has 3 saturated carbocycles. The van der Waals surface area contributed by atoms with E-state index in [0.29, 0.717) is 10.8 Å². The van der Waals surface area contributed by atoms with E-state index in [0.717, 1.165) is 12.3 Å². The van der Waals surface area contributed by atoms with Crippen LogP contribution in [0.3, 0.4) is 0 Å². The van der Waals surface area contributed by atoms with Gasteiger partial charge in [0.25, 0.3) is 0 Å². The lowest BCUT2D eigenvalue weighted by atomic mass is 9.39. The van der Waals surface area contributed by atoms with Gasteiger partial charge in [-0.25, -0.2) is 0 Å². The average molecular weight is 151 g/mol. The molecular formula is C11H19. The molecule has 0 heteroatoms. The lowest BCUT2D eigenvalue weighted by Crippen LogP contribution is -2.57. The fraction of sp³-hybridized carbons (Fsp3) is 0.909. The van der Waals surface area contributed by atoms with Crippen LogP contribution in [0.5, 0.6) is 0 Å². The van der Waals surface area contributed by atoms with E-state index in [9.17, 15) is 0 Å². The second kappa shape index (κ2) is 2.02. The molecule has 1 radical (unpaired) electrons. The van der Waals surface area contributed by atoms with Crippen LogP contribution >= 0.6 is 0 Å². The second-order valence-electron chi connectivity index (χ2n) is 5.05. The summed E-state index contributed by atoms with van der Waals surface area (Å²) < 4.78 is 0. The zero-order valence-corrected chi connectivity index (χ0v) is 7.82. The predicted molar refractivity (Wildman–Crippen MR) is 48.1 cm³/mol. The number of hydrogen-bond acceptors (Lipinski definition) is 0. The monoisotopic (exact) mass is 151 g/mol. The number of hydrogen-bond donors (Lipinski definition) is 0. The van der Waals surface area contributed by atoms with Crippen LogP contribution < -0.4 is 0 Å². The highest BCUT2D eigenvalue weighted by Gasteiger charge is 2.59. The van der Waals surface area contributed by atoms with E-state index in [-0.39, 0.29) is 0 Å². The summed E-state index contributed by atoms with van der Waals surface area (Å²) in [6, 6.07) is 0. The number of rotatable bonds is 1. The molecule has 0 aromatic rings. The SMILES string of the molecule is [CH2]CC12CCCC(C1)C2(C)C. The van der Waals surface area contributed by atoms with Gasteiger partial charge in [-0.15, -0.1) is 0 Å². The molecule has 63 valence electrons. The lowest BCUT2D eigenvalue weighted by molar-refractivity contribution is -0.158. The van der Waals surface area contributed by atoms with Crippen molar-refractivity contribution in [3.63, 3.8) is 0 Å². The lowest BCUT2D eigenvalue weighted by Gasteiger charge is -2.66. The summed E-state index contributed by atoms with van der Waals surface area (Å²) in [5, 5.41) is 0. The van der Waals surface area contributed by atoms with Crippen LogP contribution in [0.2, 0.25) is 0 Å². The summed E-state index contributed by atoms with van der Waals surface area (Å²) in [7, 11) is 0. The molecule has 0 heterocycles. The van der Waals surface area contributed by atoms with E-state index < -0.39 is 0 Å². The third-order valence-corrected chi connectivity index (χ3v) is 4.71. The van der Waals surface area contributed by atoms with Crippen LogP contribution in [-0.4, -0.2) is 0 Å². The zero-order valence-electron chi connectivity index (χ0n) is 7.82. The summed E-state index contributed by atoms with van der Waals surface area (Å²) in [5.74, 6) is 1.03. The Morgan fingerprint density at radius 3 is 2.55 bits per heavy atom. The Hall–Kier alpha value is 0. The topological polar surface area (TPSA) is 0 Å². The molecule has 0 nitrogen and oxygen atoms in total. The Bertz CT molecular complexity index is 165. The van der Waals surface area contributed by atoms with E-state index in [2.05, 4.69) is 20.8 Å². The van der Waals surface area contributed by atoms with Gasteiger partial charge in [-0.2, -0.15) is 0 Å². The summed E-state index contributed by atoms with van der Waals surface area (Å²) in [5.41, 5.74) is 1.27. The van der Waals surface area contributed by atoms with Crippen molar-refractivity contribution in [2.45, 2.75) is 46.0 Å². The summed E-state index contributed by atoms with van der Waals surface area (Å²) >= 11 is 0. The van der Waals surface area contributed by atoms with Gasteiger partial charge >= 0.3 is 0 Å². The van der Waals surface area contributed by atoms with Gasteiger partial charge in [0.1, 0.15) is 0 Å². The quantitative estimate of drug-likeness (QED) is 0.538. The maximum absolute atomic E-state index is 4.11. The first kappa shape index (κ1) is 7.64. The predicted octanol–water partition coefficient (Wildman–Crippen LogP) is 3.43. The van der Waals surface area contributed by atoms with Crippen LogP contribution in [0.15, 0.2) is 0 Å². The molecule has 2 bridgehead atoms. The van der Waals surface area contributed by atoms with Crippen LogP contribution in [0.4, 0.5) is 0 Å². The Balaban J connectivity index is 2.22. The van der Waals surface area contributed by atoms with Crippen LogP contribution in [0.25, 0.3) is 0 Å². The third kappa shape index (κ3) is 0.711. The zero-order chi connectivity index (χ0) is 8.11. The fourth-order valence-electron chi connectivity index (χ4n) is 3.42. The molecule has 3 aliphatic rings. The second-order valence-corrected chi connectivity index (χ2v) is 5.05. The molecule has 0 saturated heterocycles. The smallest absolute Gasteiger partial charge is 0.0241 e. The van der Waals surface area contributed by atoms with Crippen LogP contribution in [0, 0.1) is 23.7 Å². The van der Waals surface area contributed by atoms with Gasteiger partial charge in [-0.05, 0) is 42.4 Å². The highest BCUT2D eigenvalue weighted by molar-refractivity contribution is 5.10. The Morgan fingerprint density at radius 1 is 1.45 bits per heavy atom. The largest absolute Gasteiger partial charge is 0.0591 e. The minimum Gasteiger partial charge on any atom is -0.0591 e. The molecule has 2 unspecified atom stereocenters. The average Bonchev–Trinajstić information content (AvgIpc) is 2.04. The fourth-order valence-corrected chi connectivity index (χ4v) is 3.42. The molecule has 3 aliphatic carbocycles. The summed E-state index contributed by atoms with van der Waals surface area (Å²) in [6.45, 7) is 9.01. The van der Waals surface area contributed by atoms with Crippen molar-refractivity contribution < 1.29 is 0 Å². The summed E-state index contributed by atoms with van der Waals surface area (Å²) in [6.07, 6.45) is 7.03. The van der Waals surface area contributed by atoms with Gasteiger partial charge in [-0.3, -0.25) is 0 Å². The van der Waals surface area contributed by atoms with Gasteiger partial charge in [0.05, 0.1) is 0 Å². The molecular weight excluding hydrogens is 132 g/mol. The van der Waals surface area contributed by atoms with Crippen molar-refractivity contribution >= 4 is 0 Å². The van der Waals surface area contributed by atoms with E-state index in [1.165, 1.54) is 25.7 Å². The van der Waals surface area contributed by atoms with Gasteiger partial charge in [0.2, 0.25) is 0 Å². The molecule has 2 atom stereocenters. The van der Waals surface area contributed by atoms with Gasteiger partial charge in [-0.1, -0.05) is 27.2 Å². The minimum atomic E-state index is 0.618. The van der Waals surface area contributed by atoms with Gasteiger partial charge < -0.3 is 0 Å². The molecule has 0 N–H and O–H groups in total. The van der Waals surface area contributed by atoms with Gasteiger partial charge in [0, 0.05) is 0 Å². The summed E-state index contributed by atoms with van der Waals surface area (Å²) in [4.78, 5) is 0. The maximum Gasteiger partial charge on any atom is -0.0241 e. The molecule has 0 aliphatic heterocycles. The Labute approximate surface area is 70.4 Å². The molecule has 0 spiro atoms. The third-order valence-electron chi connectivity index (χ3n) is 4.71. The van der Waals surface area contributed by atoms with E-state index >= 15 is 0 Å². The first-order chi connectivity index (χ1) is 5.12. The van der Waals surface area contributed by atoms with E-state index in [1.807, 2.05) is 0 Å². The molecule has 3 fully saturated rings. The Morgan fingerprint density at radius 2 is 2.18 bits per heavy atom. The molecule has 3 rings (SSSR count). The van der Waals surface area contributed by atoms with Gasteiger partial charge in [0.15, 0.2) is 0 Å². The molecule has 11 heavy (non-hydrogen) atoms. The normalized spacial score (nSPS) is 46.6. The first-order valence-electron chi connectivity index (χ1n) is 4.92. The molecule has 0 aromatic heterocycles. The highest BCUT2D eigenvalue weighted by atomic mass is 14.6. The number of fused-ring (bicyclic) bond motifs is 2. The molecule has 0 amide bonds. The van der Waals surface area contributed by atoms with Crippen molar-refractivity contribution in [2.24, 2.45) is 16.7 Å². The first-order valence-corrected chi connectivity index (χ1v) is 4.92. The van der Waals surface area contributed by atoms with Crippen LogP contribution in [0.1, 0.15) is 46.0 Å². The van der Waals surface area contributed by atoms with Crippen molar-refractivity contribution in [2.75, 3.05) is 0 Å². The molecule has 0 aromatic carbocycles. The van der Waals surface area contributed by atoms with E-state index in [1.54, 1.807) is 0 Å². The van der Waals surface area contributed by atoms with Crippen molar-refractivity contribution in [3.8, 4) is 0 Å². The minimum absolute atomic E-state index is 0.618. The van der Waals surface area contributed by atoms with Crippen molar-refractivity contribution in [1.82, 2.24) is 0 Å². The standard InChI is InChI=1S/C11H19/c1-4-11-7-5-6-9(8-11)10(11,2)3/h9H,1,4-8H2,2-3H3. The highest BCUT2D eigenvalue weighted by Crippen LogP contribution is 2.68.